The van der Waals surface area contributed by atoms with Crippen molar-refractivity contribution in [2.24, 2.45) is 0 Å². The van der Waals surface area contributed by atoms with Crippen LogP contribution in [0.15, 0.2) is 32.2 Å². The summed E-state index contributed by atoms with van der Waals surface area (Å²) in [6, 6.07) is 3.43. The summed E-state index contributed by atoms with van der Waals surface area (Å²) in [6.07, 6.45) is 0. The van der Waals surface area contributed by atoms with Gasteiger partial charge < -0.3 is 9.97 Å². The van der Waals surface area contributed by atoms with Crippen molar-refractivity contribution < 1.29 is 4.79 Å². The standard InChI is InChI=1S/C13H9BrN2O2S/c1-6-4-19-5-8(6)12(17)7-2-10-11(3-9(7)14)16-13(18)15-10/h2-5H,1H3,(H2,15,16,18). The molecule has 0 saturated carbocycles. The van der Waals surface area contributed by atoms with Crippen molar-refractivity contribution in [3.63, 3.8) is 0 Å². The summed E-state index contributed by atoms with van der Waals surface area (Å²) in [4.78, 5) is 29.0. The second-order valence-electron chi connectivity index (χ2n) is 4.25. The van der Waals surface area contributed by atoms with Crippen LogP contribution in [0.4, 0.5) is 0 Å². The number of thiophene rings is 1. The van der Waals surface area contributed by atoms with Gasteiger partial charge in [0, 0.05) is 21.0 Å². The average molecular weight is 337 g/mol. The number of benzene rings is 1. The predicted octanol–water partition coefficient (Wildman–Crippen LogP) is 3.22. The first kappa shape index (κ1) is 12.4. The Morgan fingerprint density at radius 3 is 2.47 bits per heavy atom. The van der Waals surface area contributed by atoms with Gasteiger partial charge in [-0.1, -0.05) is 0 Å². The maximum Gasteiger partial charge on any atom is 0.323 e. The van der Waals surface area contributed by atoms with Crippen LogP contribution in [0.1, 0.15) is 21.5 Å². The van der Waals surface area contributed by atoms with Crippen molar-refractivity contribution in [3.05, 3.63) is 54.5 Å². The molecule has 2 N–H and O–H groups in total. The van der Waals surface area contributed by atoms with Crippen LogP contribution >= 0.6 is 27.3 Å². The van der Waals surface area contributed by atoms with Gasteiger partial charge in [0.2, 0.25) is 0 Å². The fourth-order valence-corrected chi connectivity index (χ4v) is 3.32. The summed E-state index contributed by atoms with van der Waals surface area (Å²) in [5.41, 5.74) is 3.23. The lowest BCUT2D eigenvalue weighted by Crippen LogP contribution is -2.02. The smallest absolute Gasteiger partial charge is 0.306 e. The Morgan fingerprint density at radius 2 is 1.84 bits per heavy atom. The van der Waals surface area contributed by atoms with Crippen molar-refractivity contribution in [2.75, 3.05) is 0 Å². The topological polar surface area (TPSA) is 65.7 Å². The van der Waals surface area contributed by atoms with Gasteiger partial charge in [-0.25, -0.2) is 4.79 Å². The Hall–Kier alpha value is -1.66. The number of hydrogen-bond donors (Lipinski definition) is 2. The third-order valence-electron chi connectivity index (χ3n) is 2.95. The second kappa shape index (κ2) is 4.47. The lowest BCUT2D eigenvalue weighted by atomic mass is 10.0. The van der Waals surface area contributed by atoms with Crippen LogP contribution in [0.3, 0.4) is 0 Å². The van der Waals surface area contributed by atoms with Gasteiger partial charge in [0.15, 0.2) is 5.78 Å². The molecule has 0 atom stereocenters. The van der Waals surface area contributed by atoms with Crippen molar-refractivity contribution in [1.82, 2.24) is 9.97 Å². The minimum absolute atomic E-state index is 0.0467. The number of carbonyl (C=O) groups is 1. The quantitative estimate of drug-likeness (QED) is 0.705. The average Bonchev–Trinajstić information content (AvgIpc) is 2.92. The van der Waals surface area contributed by atoms with Gasteiger partial charge in [-0.05, 0) is 45.9 Å². The zero-order valence-corrected chi connectivity index (χ0v) is 12.3. The van der Waals surface area contributed by atoms with Gasteiger partial charge in [-0.3, -0.25) is 4.79 Å². The first-order valence-corrected chi connectivity index (χ1v) is 7.29. The molecule has 0 aliphatic heterocycles. The molecule has 4 nitrogen and oxygen atoms in total. The maximum atomic E-state index is 12.5. The molecular formula is C13H9BrN2O2S. The van der Waals surface area contributed by atoms with Crippen molar-refractivity contribution >= 4 is 44.1 Å². The van der Waals surface area contributed by atoms with Crippen LogP contribution < -0.4 is 5.69 Å². The third kappa shape index (κ3) is 2.06. The summed E-state index contributed by atoms with van der Waals surface area (Å²) >= 11 is 4.89. The number of halogens is 1. The highest BCUT2D eigenvalue weighted by molar-refractivity contribution is 9.10. The maximum absolute atomic E-state index is 12.5. The summed E-state index contributed by atoms with van der Waals surface area (Å²) in [7, 11) is 0. The Bertz CT molecular complexity index is 844. The van der Waals surface area contributed by atoms with Gasteiger partial charge in [0.25, 0.3) is 0 Å². The highest BCUT2D eigenvalue weighted by Crippen LogP contribution is 2.26. The van der Waals surface area contributed by atoms with E-state index in [1.807, 2.05) is 17.7 Å². The van der Waals surface area contributed by atoms with E-state index < -0.39 is 0 Å². The number of aryl methyl sites for hydroxylation is 1. The van der Waals surface area contributed by atoms with E-state index in [4.69, 9.17) is 0 Å². The van der Waals surface area contributed by atoms with Crippen LogP contribution in [0, 0.1) is 6.92 Å². The lowest BCUT2D eigenvalue weighted by Gasteiger charge is -2.04. The SMILES string of the molecule is Cc1cscc1C(=O)c1cc2[nH]c(=O)[nH]c2cc1Br. The van der Waals surface area contributed by atoms with Gasteiger partial charge in [0.1, 0.15) is 0 Å². The van der Waals surface area contributed by atoms with E-state index in [-0.39, 0.29) is 11.5 Å². The normalized spacial score (nSPS) is 11.1. The summed E-state index contributed by atoms with van der Waals surface area (Å²) in [6.45, 7) is 1.91. The largest absolute Gasteiger partial charge is 0.323 e. The van der Waals surface area contributed by atoms with E-state index in [0.29, 0.717) is 26.6 Å². The first-order chi connectivity index (χ1) is 9.06. The molecular weight excluding hydrogens is 328 g/mol. The van der Waals surface area contributed by atoms with Crippen LogP contribution in [0.2, 0.25) is 0 Å². The molecule has 0 fully saturated rings. The van der Waals surface area contributed by atoms with Gasteiger partial charge >= 0.3 is 5.69 Å². The zero-order chi connectivity index (χ0) is 13.6. The Balaban J connectivity index is 2.19. The molecule has 0 spiro atoms. The molecule has 2 aromatic heterocycles. The number of rotatable bonds is 2. The van der Waals surface area contributed by atoms with Gasteiger partial charge in [-0.15, -0.1) is 0 Å². The molecule has 0 aliphatic rings. The third-order valence-corrected chi connectivity index (χ3v) is 4.47. The van der Waals surface area contributed by atoms with Crippen LogP contribution in [-0.2, 0) is 0 Å². The molecule has 96 valence electrons. The highest BCUT2D eigenvalue weighted by Gasteiger charge is 2.17. The van der Waals surface area contributed by atoms with Crippen molar-refractivity contribution in [2.45, 2.75) is 6.92 Å². The molecule has 0 amide bonds. The number of carbonyl (C=O) groups excluding carboxylic acids is 1. The predicted molar refractivity (Wildman–Crippen MR) is 79.1 cm³/mol. The molecule has 3 aromatic rings. The molecule has 0 unspecified atom stereocenters. The monoisotopic (exact) mass is 336 g/mol. The molecule has 0 radical (unpaired) electrons. The number of ketones is 1. The van der Waals surface area contributed by atoms with Gasteiger partial charge in [-0.2, -0.15) is 11.3 Å². The first-order valence-electron chi connectivity index (χ1n) is 5.55. The molecule has 2 heterocycles. The number of fused-ring (bicyclic) bond motifs is 1. The number of nitrogens with one attached hydrogen (secondary N) is 2. The lowest BCUT2D eigenvalue weighted by molar-refractivity contribution is 0.103. The van der Waals surface area contributed by atoms with Gasteiger partial charge in [0.05, 0.1) is 11.0 Å². The molecule has 1 aromatic carbocycles. The fraction of sp³-hybridized carbons (Fsp3) is 0.0769. The zero-order valence-electron chi connectivity index (χ0n) is 9.91. The van der Waals surface area contributed by atoms with E-state index in [0.717, 1.165) is 5.56 Å². The van der Waals surface area contributed by atoms with E-state index in [2.05, 4.69) is 25.9 Å². The number of aromatic nitrogens is 2. The van der Waals surface area contributed by atoms with Crippen LogP contribution in [-0.4, -0.2) is 15.8 Å². The molecule has 0 bridgehead atoms. The molecule has 0 saturated heterocycles. The summed E-state index contributed by atoms with van der Waals surface area (Å²) in [5, 5.41) is 3.78. The summed E-state index contributed by atoms with van der Waals surface area (Å²) < 4.78 is 0.672. The molecule has 3 rings (SSSR count). The van der Waals surface area contributed by atoms with Crippen LogP contribution in [0.5, 0.6) is 0 Å². The van der Waals surface area contributed by atoms with Crippen LogP contribution in [0.25, 0.3) is 11.0 Å². The summed E-state index contributed by atoms with van der Waals surface area (Å²) in [5.74, 6) is -0.0467. The minimum atomic E-state index is -0.279. The van der Waals surface area contributed by atoms with Crippen molar-refractivity contribution in [3.8, 4) is 0 Å². The Labute approximate surface area is 120 Å². The van der Waals surface area contributed by atoms with E-state index in [1.54, 1.807) is 12.1 Å². The van der Waals surface area contributed by atoms with E-state index in [9.17, 15) is 9.59 Å². The number of H-pyrrole nitrogens is 2. The van der Waals surface area contributed by atoms with E-state index >= 15 is 0 Å². The molecule has 6 heteroatoms. The molecule has 19 heavy (non-hydrogen) atoms. The fourth-order valence-electron chi connectivity index (χ4n) is 1.97. The van der Waals surface area contributed by atoms with Crippen molar-refractivity contribution in [1.29, 1.82) is 0 Å². The number of aromatic amines is 2. The Morgan fingerprint density at radius 1 is 1.16 bits per heavy atom. The Kier molecular flexibility index (Phi) is 2.91. The highest BCUT2D eigenvalue weighted by atomic mass is 79.9. The number of hydrogen-bond acceptors (Lipinski definition) is 3. The molecule has 0 aliphatic carbocycles. The second-order valence-corrected chi connectivity index (χ2v) is 5.85. The van der Waals surface area contributed by atoms with E-state index in [1.165, 1.54) is 11.3 Å². The number of imidazole rings is 1. The minimum Gasteiger partial charge on any atom is -0.306 e.